The van der Waals surface area contributed by atoms with Crippen LogP contribution in [-0.4, -0.2) is 42.2 Å². The second kappa shape index (κ2) is 9.94. The first kappa shape index (κ1) is 17.0. The lowest BCUT2D eigenvalue weighted by atomic mass is 10.2. The molecule has 0 saturated heterocycles. The minimum Gasteiger partial charge on any atom is -0.354 e. The Bertz CT molecular complexity index is 302. The minimum atomic E-state index is -0.0673. The molecular formula is C12H26N2O3S. The van der Waals surface area contributed by atoms with Crippen LogP contribution in [0.25, 0.3) is 0 Å². The third kappa shape index (κ3) is 10.1. The SMILES string of the molecule is CC(=O)CCSCC(=O)NCCNC(=O)C(C)C.[HH].[HH]. The third-order valence-corrected chi connectivity index (χ3v) is 3.06. The third-order valence-electron chi connectivity index (χ3n) is 2.10. The van der Waals surface area contributed by atoms with E-state index in [-0.39, 0.29) is 26.4 Å². The lowest BCUT2D eigenvalue weighted by molar-refractivity contribution is -0.124. The molecule has 0 aromatic carbocycles. The lowest BCUT2D eigenvalue weighted by Crippen LogP contribution is -2.37. The summed E-state index contributed by atoms with van der Waals surface area (Å²) < 4.78 is 0. The Morgan fingerprint density at radius 3 is 2.33 bits per heavy atom. The van der Waals surface area contributed by atoms with Crippen molar-refractivity contribution in [1.82, 2.24) is 10.6 Å². The molecule has 0 fully saturated rings. The molecule has 2 N–H and O–H groups in total. The van der Waals surface area contributed by atoms with Crippen molar-refractivity contribution in [3.63, 3.8) is 0 Å². The van der Waals surface area contributed by atoms with E-state index < -0.39 is 0 Å². The fourth-order valence-electron chi connectivity index (χ4n) is 1.02. The van der Waals surface area contributed by atoms with Gasteiger partial charge >= 0.3 is 0 Å². The molecule has 0 atom stereocenters. The van der Waals surface area contributed by atoms with Gasteiger partial charge in [0, 0.05) is 34.0 Å². The van der Waals surface area contributed by atoms with Crippen LogP contribution < -0.4 is 10.6 Å². The Balaban J connectivity index is -0.00000144. The molecule has 0 bridgehead atoms. The first-order valence-electron chi connectivity index (χ1n) is 6.05. The Hall–Kier alpha value is -1.04. The smallest absolute Gasteiger partial charge is 0.230 e. The molecule has 0 aromatic rings. The van der Waals surface area contributed by atoms with Crippen molar-refractivity contribution in [1.29, 1.82) is 0 Å². The number of ketones is 1. The molecule has 0 spiro atoms. The number of hydrogen-bond donors (Lipinski definition) is 2. The molecule has 0 rings (SSSR count). The quantitative estimate of drug-likeness (QED) is 0.619. The molecule has 0 saturated carbocycles. The average Bonchev–Trinajstić information content (AvgIpc) is 2.29. The van der Waals surface area contributed by atoms with E-state index in [9.17, 15) is 14.4 Å². The van der Waals surface area contributed by atoms with Crippen molar-refractivity contribution < 1.29 is 17.2 Å². The number of amides is 2. The summed E-state index contributed by atoms with van der Waals surface area (Å²) in [7, 11) is 0. The van der Waals surface area contributed by atoms with Gasteiger partial charge < -0.3 is 10.6 Å². The van der Waals surface area contributed by atoms with Crippen molar-refractivity contribution >= 4 is 29.4 Å². The van der Waals surface area contributed by atoms with E-state index in [0.29, 0.717) is 31.0 Å². The Morgan fingerprint density at radius 2 is 1.78 bits per heavy atom. The molecule has 0 aliphatic rings. The van der Waals surface area contributed by atoms with Gasteiger partial charge in [-0.2, -0.15) is 11.8 Å². The molecular weight excluding hydrogens is 252 g/mol. The maximum atomic E-state index is 11.3. The topological polar surface area (TPSA) is 75.3 Å². The summed E-state index contributed by atoms with van der Waals surface area (Å²) in [6, 6.07) is 0. The van der Waals surface area contributed by atoms with Crippen LogP contribution in [0, 0.1) is 5.92 Å². The number of nitrogens with one attached hydrogen (secondary N) is 2. The summed E-state index contributed by atoms with van der Waals surface area (Å²) in [6.07, 6.45) is 0.502. The van der Waals surface area contributed by atoms with Gasteiger partial charge in [-0.3, -0.25) is 14.4 Å². The van der Waals surface area contributed by atoms with E-state index in [1.807, 2.05) is 13.8 Å². The Morgan fingerprint density at radius 1 is 1.17 bits per heavy atom. The van der Waals surface area contributed by atoms with Crippen molar-refractivity contribution in [3.8, 4) is 0 Å². The molecule has 2 amide bonds. The number of carbonyl (C=O) groups is 3. The van der Waals surface area contributed by atoms with Gasteiger partial charge in [-0.05, 0) is 6.92 Å². The van der Waals surface area contributed by atoms with Crippen molar-refractivity contribution in [3.05, 3.63) is 0 Å². The standard InChI is InChI=1S/C12H22N2O3S.2H2/c1-9(2)12(17)14-6-5-13-11(16)8-18-7-4-10(3)15;;/h9H,4-8H2,1-3H3,(H,13,16)(H,14,17);2*1H. The number of thioether (sulfide) groups is 1. The lowest BCUT2D eigenvalue weighted by Gasteiger charge is -2.08. The van der Waals surface area contributed by atoms with Crippen LogP contribution in [0.1, 0.15) is 30.0 Å². The molecule has 0 aliphatic heterocycles. The van der Waals surface area contributed by atoms with Gasteiger partial charge in [0.05, 0.1) is 5.75 Å². The summed E-state index contributed by atoms with van der Waals surface area (Å²) >= 11 is 1.44. The largest absolute Gasteiger partial charge is 0.354 e. The summed E-state index contributed by atoms with van der Waals surface area (Å²) in [5, 5.41) is 5.42. The number of Topliss-reactive ketones (excluding diaryl/α,β-unsaturated/α-hetero) is 1. The van der Waals surface area contributed by atoms with Crippen LogP contribution in [0.15, 0.2) is 0 Å². The van der Waals surface area contributed by atoms with E-state index in [1.54, 1.807) is 0 Å². The van der Waals surface area contributed by atoms with Crippen LogP contribution in [0.4, 0.5) is 0 Å². The van der Waals surface area contributed by atoms with Gasteiger partial charge in [-0.25, -0.2) is 0 Å². The maximum Gasteiger partial charge on any atom is 0.230 e. The molecule has 108 valence electrons. The van der Waals surface area contributed by atoms with Gasteiger partial charge in [-0.1, -0.05) is 13.8 Å². The second-order valence-electron chi connectivity index (χ2n) is 4.30. The molecule has 18 heavy (non-hydrogen) atoms. The fraction of sp³-hybridized carbons (Fsp3) is 0.750. The van der Waals surface area contributed by atoms with Crippen LogP contribution in [-0.2, 0) is 14.4 Å². The monoisotopic (exact) mass is 278 g/mol. The molecule has 0 radical (unpaired) electrons. The number of carbonyl (C=O) groups excluding carboxylic acids is 3. The Labute approximate surface area is 115 Å². The highest BCUT2D eigenvalue weighted by atomic mass is 32.2. The van der Waals surface area contributed by atoms with E-state index in [0.717, 1.165) is 0 Å². The summed E-state index contributed by atoms with van der Waals surface area (Å²) in [6.45, 7) is 6.06. The van der Waals surface area contributed by atoms with E-state index in [4.69, 9.17) is 0 Å². The highest BCUT2D eigenvalue weighted by Crippen LogP contribution is 2.01. The van der Waals surface area contributed by atoms with Crippen molar-refractivity contribution in [2.45, 2.75) is 27.2 Å². The highest BCUT2D eigenvalue weighted by Gasteiger charge is 2.05. The van der Waals surface area contributed by atoms with Crippen molar-refractivity contribution in [2.24, 2.45) is 5.92 Å². The predicted molar refractivity (Wildman–Crippen MR) is 77.7 cm³/mol. The predicted octanol–water partition coefficient (Wildman–Crippen LogP) is 1.08. The van der Waals surface area contributed by atoms with Crippen LogP contribution in [0.3, 0.4) is 0 Å². The van der Waals surface area contributed by atoms with Gasteiger partial charge in [0.25, 0.3) is 0 Å². The average molecular weight is 278 g/mol. The minimum absolute atomic E-state index is 0. The maximum absolute atomic E-state index is 11.3. The fourth-order valence-corrected chi connectivity index (χ4v) is 1.89. The normalized spacial score (nSPS) is 10.2. The summed E-state index contributed by atoms with van der Waals surface area (Å²) in [5.74, 6) is 1.04. The van der Waals surface area contributed by atoms with Crippen molar-refractivity contribution in [2.75, 3.05) is 24.6 Å². The van der Waals surface area contributed by atoms with Gasteiger partial charge in [0.2, 0.25) is 11.8 Å². The zero-order valence-corrected chi connectivity index (χ0v) is 12.1. The highest BCUT2D eigenvalue weighted by molar-refractivity contribution is 7.99. The summed E-state index contributed by atoms with van der Waals surface area (Å²) in [5.41, 5.74) is 0. The first-order valence-corrected chi connectivity index (χ1v) is 7.20. The number of rotatable bonds is 9. The molecule has 6 heteroatoms. The van der Waals surface area contributed by atoms with E-state index >= 15 is 0 Å². The van der Waals surface area contributed by atoms with Gasteiger partial charge in [-0.15, -0.1) is 0 Å². The zero-order valence-electron chi connectivity index (χ0n) is 11.2. The molecule has 0 aromatic heterocycles. The number of hydrogen-bond acceptors (Lipinski definition) is 4. The molecule has 0 aliphatic carbocycles. The molecule has 0 unspecified atom stereocenters. The van der Waals surface area contributed by atoms with E-state index in [1.165, 1.54) is 18.7 Å². The van der Waals surface area contributed by atoms with Crippen LogP contribution in [0.5, 0.6) is 0 Å². The Kier molecular flexibility index (Phi) is 9.36. The van der Waals surface area contributed by atoms with E-state index in [2.05, 4.69) is 10.6 Å². The van der Waals surface area contributed by atoms with Crippen LogP contribution in [0.2, 0.25) is 0 Å². The van der Waals surface area contributed by atoms with Gasteiger partial charge in [0.15, 0.2) is 0 Å². The summed E-state index contributed by atoms with van der Waals surface area (Å²) in [4.78, 5) is 33.2. The zero-order chi connectivity index (χ0) is 14.0. The van der Waals surface area contributed by atoms with Crippen LogP contribution >= 0.6 is 11.8 Å². The van der Waals surface area contributed by atoms with Gasteiger partial charge in [0.1, 0.15) is 5.78 Å². The molecule has 0 heterocycles. The first-order chi connectivity index (χ1) is 8.43. The second-order valence-corrected chi connectivity index (χ2v) is 5.41. The molecule has 5 nitrogen and oxygen atoms in total.